The van der Waals surface area contributed by atoms with Crippen molar-refractivity contribution < 1.29 is 14.7 Å². The maximum atomic E-state index is 8.42. The molecule has 0 saturated heterocycles. The zero-order valence-corrected chi connectivity index (χ0v) is 7.28. The zero-order valence-electron chi connectivity index (χ0n) is 6.53. The fraction of sp³-hybridized carbons (Fsp3) is 0.125. The number of ether oxygens (including phenoxy) is 2. The zero-order chi connectivity index (χ0) is 9.26. The van der Waals surface area contributed by atoms with Crippen LogP contribution in [0.25, 0.3) is 0 Å². The van der Waals surface area contributed by atoms with E-state index in [1.165, 1.54) is 0 Å². The van der Waals surface area contributed by atoms with Crippen LogP contribution in [0.15, 0.2) is 23.4 Å². The predicted octanol–water partition coefficient (Wildman–Crippen LogP) is 1.79. The molecular formula is C8H6ClNO3. The van der Waals surface area contributed by atoms with E-state index in [0.29, 0.717) is 17.1 Å². The van der Waals surface area contributed by atoms with Crippen molar-refractivity contribution in [3.8, 4) is 11.5 Å². The lowest BCUT2D eigenvalue weighted by atomic mass is 10.2. The van der Waals surface area contributed by atoms with Gasteiger partial charge in [0.25, 0.3) is 0 Å². The van der Waals surface area contributed by atoms with Gasteiger partial charge >= 0.3 is 0 Å². The Balaban J connectivity index is 2.41. The number of halogens is 1. The molecule has 5 heteroatoms. The smallest absolute Gasteiger partial charge is 0.231 e. The SMILES string of the molecule is ON=C(Cl)c1ccc2c(c1)OCO2. The monoisotopic (exact) mass is 199 g/mol. The van der Waals surface area contributed by atoms with Crippen LogP contribution in [0, 0.1) is 0 Å². The van der Waals surface area contributed by atoms with Crippen molar-refractivity contribution in [2.24, 2.45) is 5.16 Å². The van der Waals surface area contributed by atoms with Crippen LogP contribution >= 0.6 is 11.6 Å². The number of nitrogens with zero attached hydrogens (tertiary/aromatic N) is 1. The minimum atomic E-state index is 0.0262. The summed E-state index contributed by atoms with van der Waals surface area (Å²) in [5.41, 5.74) is 0.591. The van der Waals surface area contributed by atoms with Gasteiger partial charge in [-0.25, -0.2) is 0 Å². The molecule has 0 unspecified atom stereocenters. The summed E-state index contributed by atoms with van der Waals surface area (Å²) in [4.78, 5) is 0. The van der Waals surface area contributed by atoms with Gasteiger partial charge in [-0.1, -0.05) is 16.8 Å². The van der Waals surface area contributed by atoms with Gasteiger partial charge < -0.3 is 14.7 Å². The molecule has 1 N–H and O–H groups in total. The number of hydrogen-bond donors (Lipinski definition) is 1. The molecule has 0 bridgehead atoms. The Morgan fingerprint density at radius 1 is 1.38 bits per heavy atom. The van der Waals surface area contributed by atoms with Crippen LogP contribution in [0.2, 0.25) is 0 Å². The van der Waals surface area contributed by atoms with Crippen LogP contribution in [0.3, 0.4) is 0 Å². The second-order valence-electron chi connectivity index (χ2n) is 2.46. The van der Waals surface area contributed by atoms with Gasteiger partial charge in [-0.3, -0.25) is 0 Å². The van der Waals surface area contributed by atoms with Crippen molar-refractivity contribution >= 4 is 16.8 Å². The molecular weight excluding hydrogens is 194 g/mol. The van der Waals surface area contributed by atoms with E-state index in [1.54, 1.807) is 18.2 Å². The van der Waals surface area contributed by atoms with E-state index in [2.05, 4.69) is 5.16 Å². The molecule has 0 aromatic heterocycles. The highest BCUT2D eigenvalue weighted by Crippen LogP contribution is 2.32. The van der Waals surface area contributed by atoms with Gasteiger partial charge in [-0.2, -0.15) is 0 Å². The second kappa shape index (κ2) is 3.14. The largest absolute Gasteiger partial charge is 0.454 e. The van der Waals surface area contributed by atoms with Crippen LogP contribution in [0.1, 0.15) is 5.56 Å². The second-order valence-corrected chi connectivity index (χ2v) is 2.82. The number of fused-ring (bicyclic) bond motifs is 1. The van der Waals surface area contributed by atoms with Crippen molar-refractivity contribution in [3.63, 3.8) is 0 Å². The maximum Gasteiger partial charge on any atom is 0.231 e. The molecule has 4 nitrogen and oxygen atoms in total. The van der Waals surface area contributed by atoms with E-state index in [0.717, 1.165) is 0 Å². The Hall–Kier alpha value is -1.42. The summed E-state index contributed by atoms with van der Waals surface area (Å²) in [5.74, 6) is 1.28. The molecule has 0 spiro atoms. The topological polar surface area (TPSA) is 51.1 Å². The fourth-order valence-corrected chi connectivity index (χ4v) is 1.20. The molecule has 1 aromatic carbocycles. The fourth-order valence-electron chi connectivity index (χ4n) is 1.08. The first kappa shape index (κ1) is 8.19. The van der Waals surface area contributed by atoms with E-state index in [-0.39, 0.29) is 12.0 Å². The van der Waals surface area contributed by atoms with Gasteiger partial charge in [0.15, 0.2) is 16.7 Å². The lowest BCUT2D eigenvalue weighted by Crippen LogP contribution is -1.93. The highest BCUT2D eigenvalue weighted by Gasteiger charge is 2.14. The lowest BCUT2D eigenvalue weighted by Gasteiger charge is -1.98. The number of hydrogen-bond acceptors (Lipinski definition) is 4. The Labute approximate surface area is 79.3 Å². The molecule has 1 aliphatic rings. The van der Waals surface area contributed by atoms with E-state index < -0.39 is 0 Å². The van der Waals surface area contributed by atoms with Gasteiger partial charge in [0.2, 0.25) is 6.79 Å². The Bertz CT molecular complexity index is 364. The summed E-state index contributed by atoms with van der Waals surface area (Å²) < 4.78 is 10.2. The van der Waals surface area contributed by atoms with E-state index in [9.17, 15) is 0 Å². The van der Waals surface area contributed by atoms with Crippen molar-refractivity contribution in [2.75, 3.05) is 6.79 Å². The molecule has 13 heavy (non-hydrogen) atoms. The molecule has 1 aliphatic heterocycles. The summed E-state index contributed by atoms with van der Waals surface area (Å²) in [6.45, 7) is 0.215. The first-order chi connectivity index (χ1) is 6.31. The van der Waals surface area contributed by atoms with Gasteiger partial charge in [0.1, 0.15) is 0 Å². The average Bonchev–Trinajstić information content (AvgIpc) is 2.63. The molecule has 0 radical (unpaired) electrons. The Morgan fingerprint density at radius 2 is 2.15 bits per heavy atom. The summed E-state index contributed by atoms with van der Waals surface area (Å²) >= 11 is 5.60. The highest BCUT2D eigenvalue weighted by molar-refractivity contribution is 6.69. The predicted molar refractivity (Wildman–Crippen MR) is 46.7 cm³/mol. The molecule has 0 fully saturated rings. The molecule has 68 valence electrons. The number of oxime groups is 1. The summed E-state index contributed by atoms with van der Waals surface area (Å²) in [6, 6.07) is 5.06. The quantitative estimate of drug-likeness (QED) is 0.426. The standard InChI is InChI=1S/C8H6ClNO3/c9-8(10-11)5-1-2-6-7(3-5)13-4-12-6/h1-3,11H,4H2. The normalized spacial score (nSPS) is 14.7. The molecule has 0 amide bonds. The maximum absolute atomic E-state index is 8.42. The lowest BCUT2D eigenvalue weighted by molar-refractivity contribution is 0.174. The van der Waals surface area contributed by atoms with Gasteiger partial charge in [0.05, 0.1) is 0 Å². The van der Waals surface area contributed by atoms with Gasteiger partial charge in [-0.05, 0) is 18.2 Å². The minimum absolute atomic E-state index is 0.0262. The van der Waals surface area contributed by atoms with Crippen molar-refractivity contribution in [1.82, 2.24) is 0 Å². The van der Waals surface area contributed by atoms with Crippen LogP contribution in [0.5, 0.6) is 11.5 Å². The summed E-state index contributed by atoms with van der Waals surface area (Å²) in [5, 5.41) is 11.3. The van der Waals surface area contributed by atoms with Crippen LogP contribution < -0.4 is 9.47 Å². The number of benzene rings is 1. The van der Waals surface area contributed by atoms with Crippen molar-refractivity contribution in [2.45, 2.75) is 0 Å². The molecule has 0 aliphatic carbocycles. The first-order valence-corrected chi connectivity index (χ1v) is 3.96. The molecule has 1 heterocycles. The average molecular weight is 200 g/mol. The third-order valence-electron chi connectivity index (χ3n) is 1.70. The van der Waals surface area contributed by atoms with Crippen molar-refractivity contribution in [1.29, 1.82) is 0 Å². The first-order valence-electron chi connectivity index (χ1n) is 3.59. The van der Waals surface area contributed by atoms with Crippen LogP contribution in [-0.2, 0) is 0 Å². The van der Waals surface area contributed by atoms with Gasteiger partial charge in [-0.15, -0.1) is 0 Å². The van der Waals surface area contributed by atoms with E-state index >= 15 is 0 Å². The third kappa shape index (κ3) is 1.40. The Morgan fingerprint density at radius 3 is 2.92 bits per heavy atom. The van der Waals surface area contributed by atoms with E-state index in [4.69, 9.17) is 26.3 Å². The molecule has 0 saturated carbocycles. The summed E-state index contributed by atoms with van der Waals surface area (Å²) in [7, 11) is 0. The molecule has 1 aromatic rings. The number of rotatable bonds is 1. The molecule has 2 rings (SSSR count). The third-order valence-corrected chi connectivity index (χ3v) is 1.99. The van der Waals surface area contributed by atoms with E-state index in [1.807, 2.05) is 0 Å². The van der Waals surface area contributed by atoms with Crippen LogP contribution in [0.4, 0.5) is 0 Å². The van der Waals surface area contributed by atoms with Gasteiger partial charge in [0, 0.05) is 5.56 Å². The highest BCUT2D eigenvalue weighted by atomic mass is 35.5. The Kier molecular flexibility index (Phi) is 1.98. The minimum Gasteiger partial charge on any atom is -0.454 e. The van der Waals surface area contributed by atoms with Crippen molar-refractivity contribution in [3.05, 3.63) is 23.8 Å². The van der Waals surface area contributed by atoms with Crippen LogP contribution in [-0.4, -0.2) is 17.2 Å². The summed E-state index contributed by atoms with van der Waals surface area (Å²) in [6.07, 6.45) is 0. The molecule has 0 atom stereocenters.